The van der Waals surface area contributed by atoms with E-state index in [9.17, 15) is 9.59 Å². The summed E-state index contributed by atoms with van der Waals surface area (Å²) in [4.78, 5) is 29.9. The molecule has 0 unspecified atom stereocenters. The number of amides is 2. The first kappa shape index (κ1) is 22.5. The molecule has 32 heavy (non-hydrogen) atoms. The Morgan fingerprint density at radius 2 is 1.62 bits per heavy atom. The van der Waals surface area contributed by atoms with Crippen molar-refractivity contribution in [2.45, 2.75) is 30.6 Å². The van der Waals surface area contributed by atoms with Crippen molar-refractivity contribution in [1.82, 2.24) is 9.80 Å². The molecule has 0 saturated carbocycles. The molecule has 6 nitrogen and oxygen atoms in total. The molecule has 2 fully saturated rings. The van der Waals surface area contributed by atoms with Gasteiger partial charge in [0.05, 0.1) is 19.1 Å². The Morgan fingerprint density at radius 3 is 2.25 bits per heavy atom. The second-order valence-corrected chi connectivity index (χ2v) is 9.68. The molecule has 2 aromatic carbocycles. The molecule has 2 aromatic rings. The van der Waals surface area contributed by atoms with Crippen molar-refractivity contribution in [2.24, 2.45) is 0 Å². The van der Waals surface area contributed by atoms with Gasteiger partial charge in [0.25, 0.3) is 5.91 Å². The topological polar surface area (TPSA) is 59.1 Å². The number of hydrogen-bond acceptors (Lipinski definition) is 5. The zero-order valence-corrected chi connectivity index (χ0v) is 19.5. The highest BCUT2D eigenvalue weighted by Crippen LogP contribution is 2.45. The summed E-state index contributed by atoms with van der Waals surface area (Å²) in [7, 11) is 3.17. The van der Waals surface area contributed by atoms with E-state index in [1.54, 1.807) is 32.4 Å². The molecule has 170 valence electrons. The van der Waals surface area contributed by atoms with Crippen molar-refractivity contribution < 1.29 is 19.1 Å². The zero-order chi connectivity index (χ0) is 22.6. The number of aryl methyl sites for hydroxylation is 1. The van der Waals surface area contributed by atoms with Crippen LogP contribution in [0.15, 0.2) is 48.5 Å². The van der Waals surface area contributed by atoms with E-state index >= 15 is 0 Å². The number of carbonyl (C=O) groups excluding carboxylic acids is 2. The van der Waals surface area contributed by atoms with E-state index < -0.39 is 0 Å². The third-order valence-corrected chi connectivity index (χ3v) is 7.94. The van der Waals surface area contributed by atoms with Crippen LogP contribution >= 0.6 is 11.8 Å². The second kappa shape index (κ2) is 9.86. The zero-order valence-electron chi connectivity index (χ0n) is 18.7. The van der Waals surface area contributed by atoms with Gasteiger partial charge < -0.3 is 19.3 Å². The Kier molecular flexibility index (Phi) is 6.94. The Morgan fingerprint density at radius 1 is 0.969 bits per heavy atom. The Labute approximate surface area is 193 Å². The van der Waals surface area contributed by atoms with Crippen LogP contribution in [0.3, 0.4) is 0 Å². The van der Waals surface area contributed by atoms with Crippen molar-refractivity contribution in [1.29, 1.82) is 0 Å². The number of benzene rings is 2. The maximum atomic E-state index is 13.5. The molecule has 1 spiro atoms. The lowest BCUT2D eigenvalue weighted by atomic mass is 10.00. The smallest absolute Gasteiger partial charge is 0.255 e. The average molecular weight is 455 g/mol. The lowest BCUT2D eigenvalue weighted by molar-refractivity contribution is -0.132. The van der Waals surface area contributed by atoms with Gasteiger partial charge in [-0.2, -0.15) is 0 Å². The first-order chi connectivity index (χ1) is 15.5. The van der Waals surface area contributed by atoms with Crippen LogP contribution in [0.2, 0.25) is 0 Å². The van der Waals surface area contributed by atoms with E-state index in [4.69, 9.17) is 9.47 Å². The number of carbonyl (C=O) groups is 2. The first-order valence-corrected chi connectivity index (χ1v) is 12.0. The lowest BCUT2D eigenvalue weighted by Gasteiger charge is -2.44. The van der Waals surface area contributed by atoms with Gasteiger partial charge in [-0.1, -0.05) is 30.3 Å². The number of likely N-dealkylation sites (tertiary alicyclic amines) is 1. The first-order valence-electron chi connectivity index (χ1n) is 11.1. The molecule has 2 aliphatic heterocycles. The molecule has 0 aliphatic carbocycles. The van der Waals surface area contributed by atoms with E-state index in [-0.39, 0.29) is 16.7 Å². The molecule has 0 radical (unpaired) electrons. The maximum Gasteiger partial charge on any atom is 0.255 e. The molecule has 0 aromatic heterocycles. The Balaban J connectivity index is 1.40. The van der Waals surface area contributed by atoms with Crippen molar-refractivity contribution in [3.05, 3.63) is 59.7 Å². The minimum Gasteiger partial charge on any atom is -0.497 e. The van der Waals surface area contributed by atoms with Crippen LogP contribution in [-0.4, -0.2) is 66.1 Å². The summed E-state index contributed by atoms with van der Waals surface area (Å²) in [5.74, 6) is 2.31. The molecule has 2 saturated heterocycles. The van der Waals surface area contributed by atoms with Crippen LogP contribution < -0.4 is 9.47 Å². The monoisotopic (exact) mass is 454 g/mol. The molecule has 2 amide bonds. The van der Waals surface area contributed by atoms with Gasteiger partial charge in [0.1, 0.15) is 11.5 Å². The highest BCUT2D eigenvalue weighted by atomic mass is 32.2. The van der Waals surface area contributed by atoms with Crippen LogP contribution in [0.4, 0.5) is 0 Å². The van der Waals surface area contributed by atoms with Gasteiger partial charge in [-0.05, 0) is 37.0 Å². The quantitative estimate of drug-likeness (QED) is 0.664. The fourth-order valence-corrected chi connectivity index (χ4v) is 6.01. The van der Waals surface area contributed by atoms with Crippen LogP contribution in [0.1, 0.15) is 35.2 Å². The highest BCUT2D eigenvalue weighted by Gasteiger charge is 2.47. The largest absolute Gasteiger partial charge is 0.497 e. The average Bonchev–Trinajstić information content (AvgIpc) is 3.25. The summed E-state index contributed by atoms with van der Waals surface area (Å²) in [5, 5.41) is 0. The van der Waals surface area contributed by atoms with Crippen LogP contribution in [0.25, 0.3) is 0 Å². The maximum absolute atomic E-state index is 13.5. The summed E-state index contributed by atoms with van der Waals surface area (Å²) in [5.41, 5.74) is 1.76. The van der Waals surface area contributed by atoms with Gasteiger partial charge in [0, 0.05) is 43.4 Å². The minimum atomic E-state index is -0.246. The van der Waals surface area contributed by atoms with E-state index in [0.29, 0.717) is 43.1 Å². The normalized spacial score (nSPS) is 17.4. The van der Waals surface area contributed by atoms with Gasteiger partial charge in [-0.3, -0.25) is 9.59 Å². The molecular weight excluding hydrogens is 424 g/mol. The third-order valence-electron chi connectivity index (χ3n) is 6.39. The molecule has 7 heteroatoms. The van der Waals surface area contributed by atoms with Gasteiger partial charge >= 0.3 is 0 Å². The van der Waals surface area contributed by atoms with E-state index in [1.165, 1.54) is 5.56 Å². The molecule has 2 aliphatic rings. The SMILES string of the molecule is COc1cc(OC)cc(C(=O)N2CCSC23CCN(C(=O)CCc2ccccc2)CC3)c1. The summed E-state index contributed by atoms with van der Waals surface area (Å²) in [6.45, 7) is 2.09. The summed E-state index contributed by atoms with van der Waals surface area (Å²) in [6.07, 6.45) is 2.87. The van der Waals surface area contributed by atoms with E-state index in [0.717, 1.165) is 25.0 Å². The van der Waals surface area contributed by atoms with Crippen molar-refractivity contribution >= 4 is 23.6 Å². The predicted molar refractivity (Wildman–Crippen MR) is 126 cm³/mol. The molecule has 0 bridgehead atoms. The molecule has 0 N–H and O–H groups in total. The van der Waals surface area contributed by atoms with E-state index in [1.807, 2.05) is 39.8 Å². The van der Waals surface area contributed by atoms with E-state index in [2.05, 4.69) is 12.1 Å². The summed E-state index contributed by atoms with van der Waals surface area (Å²) < 4.78 is 10.7. The number of nitrogens with zero attached hydrogens (tertiary/aromatic N) is 2. The highest BCUT2D eigenvalue weighted by molar-refractivity contribution is 8.00. The van der Waals surface area contributed by atoms with Crippen LogP contribution in [-0.2, 0) is 11.2 Å². The molecule has 4 rings (SSSR count). The fraction of sp³-hybridized carbons (Fsp3) is 0.440. The summed E-state index contributed by atoms with van der Waals surface area (Å²) in [6, 6.07) is 15.4. The Hall–Kier alpha value is -2.67. The molecular formula is C25H30N2O4S. The third kappa shape index (κ3) is 4.72. The van der Waals surface area contributed by atoms with Gasteiger partial charge in [-0.25, -0.2) is 0 Å². The van der Waals surface area contributed by atoms with Crippen molar-refractivity contribution in [3.63, 3.8) is 0 Å². The minimum absolute atomic E-state index is 0.00365. The van der Waals surface area contributed by atoms with Crippen molar-refractivity contribution in [3.8, 4) is 11.5 Å². The second-order valence-electron chi connectivity index (χ2n) is 8.22. The van der Waals surface area contributed by atoms with Crippen molar-refractivity contribution in [2.75, 3.05) is 39.6 Å². The summed E-state index contributed by atoms with van der Waals surface area (Å²) >= 11 is 1.85. The van der Waals surface area contributed by atoms with Crippen LogP contribution in [0.5, 0.6) is 11.5 Å². The van der Waals surface area contributed by atoms with Gasteiger partial charge in [0.2, 0.25) is 5.91 Å². The standard InChI is InChI=1S/C25H30N2O4S/c1-30-21-16-20(17-22(18-21)31-2)24(29)27-14-15-32-25(27)10-12-26(13-11-25)23(28)9-8-19-6-4-3-5-7-19/h3-7,16-18H,8-15H2,1-2H3. The number of rotatable bonds is 6. The number of piperidine rings is 1. The number of ether oxygens (including phenoxy) is 2. The number of thioether (sulfide) groups is 1. The van der Waals surface area contributed by atoms with Gasteiger partial charge in [-0.15, -0.1) is 11.8 Å². The fourth-order valence-electron chi connectivity index (χ4n) is 4.56. The predicted octanol–water partition coefficient (Wildman–Crippen LogP) is 3.84. The molecule has 2 heterocycles. The Bertz CT molecular complexity index is 935. The van der Waals surface area contributed by atoms with Gasteiger partial charge in [0.15, 0.2) is 0 Å². The number of hydrogen-bond donors (Lipinski definition) is 0. The molecule has 0 atom stereocenters. The van der Waals surface area contributed by atoms with Crippen LogP contribution in [0, 0.1) is 0 Å². The lowest BCUT2D eigenvalue weighted by Crippen LogP contribution is -2.53. The number of methoxy groups -OCH3 is 2.